The summed E-state index contributed by atoms with van der Waals surface area (Å²) in [5, 5.41) is 162. The number of hydrogen-bond acceptors (Lipinski definition) is 23. The normalized spacial score (nSPS) is 52.6. The largest absolute Gasteiger partial charge is 0.394 e. The van der Waals surface area contributed by atoms with Crippen molar-refractivity contribution in [3.63, 3.8) is 0 Å². The van der Waals surface area contributed by atoms with Crippen LogP contribution in [0.3, 0.4) is 0 Å². The van der Waals surface area contributed by atoms with Crippen molar-refractivity contribution in [3.05, 3.63) is 12.2 Å². The van der Waals surface area contributed by atoms with Gasteiger partial charge in [0.05, 0.1) is 49.8 Å². The van der Waals surface area contributed by atoms with Crippen molar-refractivity contribution in [3.8, 4) is 0 Å². The molecule has 23 nitrogen and oxygen atoms in total. The molecule has 23 heteroatoms. The number of aliphatic hydroxyl groups is 15. The minimum atomic E-state index is -1.82. The van der Waals surface area contributed by atoms with Crippen molar-refractivity contribution in [1.29, 1.82) is 0 Å². The van der Waals surface area contributed by atoms with Crippen molar-refractivity contribution in [1.82, 2.24) is 0 Å². The molecule has 15 N–H and O–H groups in total. The van der Waals surface area contributed by atoms with Gasteiger partial charge in [0, 0.05) is 0 Å². The van der Waals surface area contributed by atoms with E-state index < -0.39 is 171 Å². The minimum absolute atomic E-state index is 0.0112. The lowest BCUT2D eigenvalue weighted by molar-refractivity contribution is -0.378. The standard InChI is InChI=1S/C53H90O23/c1-48(2,68)13-9-14-53(8,76-46-42(67)38(63)36(61)28(73-46)22-70-44-40(65)33(58)25(57)21-69-44)23-10-16-52(7)32(23)24(56)18-30-50(5)15-12-31(49(3,4)29(50)11-17-51(30,52)6)74-47-43(39(64)35(60)27(20-55)72-47)75-45-41(66)37(62)34(59)26(19-54)71-45/h9,13,23-47,54-68H,10-12,14-22H2,1-8H3. The molecule has 0 aromatic carbocycles. The van der Waals surface area contributed by atoms with Gasteiger partial charge in [-0.2, -0.15) is 0 Å². The van der Waals surface area contributed by atoms with Crippen LogP contribution in [-0.4, -0.2) is 243 Å². The van der Waals surface area contributed by atoms with E-state index in [9.17, 15) is 76.6 Å². The Morgan fingerprint density at radius 3 is 1.76 bits per heavy atom. The fraction of sp³-hybridized carbons (Fsp3) is 0.962. The molecule has 0 aromatic rings. The van der Waals surface area contributed by atoms with Gasteiger partial charge in [-0.3, -0.25) is 0 Å². The summed E-state index contributed by atoms with van der Waals surface area (Å²) in [7, 11) is 0. The molecule has 76 heavy (non-hydrogen) atoms. The molecule has 0 spiro atoms. The predicted octanol–water partition coefficient (Wildman–Crippen LogP) is -2.59. The van der Waals surface area contributed by atoms with E-state index in [0.29, 0.717) is 32.1 Å². The molecule has 4 aliphatic heterocycles. The third-order valence-corrected chi connectivity index (χ3v) is 20.4. The number of rotatable bonds is 15. The second-order valence-electron chi connectivity index (χ2n) is 25.7. The lowest BCUT2D eigenvalue weighted by atomic mass is 9.35. The van der Waals surface area contributed by atoms with Gasteiger partial charge in [0.25, 0.3) is 0 Å². The van der Waals surface area contributed by atoms with Gasteiger partial charge in [0.2, 0.25) is 0 Å². The zero-order chi connectivity index (χ0) is 56.0. The van der Waals surface area contributed by atoms with Crippen molar-refractivity contribution in [2.75, 3.05) is 26.4 Å². The van der Waals surface area contributed by atoms with Gasteiger partial charge < -0.3 is 114 Å². The first kappa shape index (κ1) is 60.9. The molecule has 29 unspecified atom stereocenters. The third-order valence-electron chi connectivity index (χ3n) is 20.4. The lowest BCUT2D eigenvalue weighted by Gasteiger charge is -2.71. The smallest absolute Gasteiger partial charge is 0.187 e. The van der Waals surface area contributed by atoms with Crippen molar-refractivity contribution in [2.45, 2.75) is 247 Å². The topological polar surface area (TPSA) is 377 Å². The molecule has 0 amide bonds. The summed E-state index contributed by atoms with van der Waals surface area (Å²) in [5.41, 5.74) is -4.12. The van der Waals surface area contributed by atoms with Crippen LogP contribution in [0.5, 0.6) is 0 Å². The van der Waals surface area contributed by atoms with Gasteiger partial charge in [-0.05, 0) is 117 Å². The van der Waals surface area contributed by atoms with Gasteiger partial charge in [-0.25, -0.2) is 0 Å². The fourth-order valence-corrected chi connectivity index (χ4v) is 15.9. The minimum Gasteiger partial charge on any atom is -0.394 e. The summed E-state index contributed by atoms with van der Waals surface area (Å²) in [4.78, 5) is 0. The Morgan fingerprint density at radius 2 is 1.13 bits per heavy atom. The maximum absolute atomic E-state index is 12.8. The molecule has 4 heterocycles. The van der Waals surface area contributed by atoms with E-state index >= 15 is 0 Å². The summed E-state index contributed by atoms with van der Waals surface area (Å²) < 4.78 is 48.6. The Labute approximate surface area is 444 Å². The summed E-state index contributed by atoms with van der Waals surface area (Å²) >= 11 is 0. The second kappa shape index (κ2) is 22.5. The average molecular weight is 1100 g/mol. The Balaban J connectivity index is 1.02. The highest BCUT2D eigenvalue weighted by Crippen LogP contribution is 2.76. The molecular weight excluding hydrogens is 1000 g/mol. The van der Waals surface area contributed by atoms with Crippen LogP contribution in [-0.2, 0) is 37.9 Å². The summed E-state index contributed by atoms with van der Waals surface area (Å²) in [6, 6.07) is 0. The van der Waals surface area contributed by atoms with Crippen LogP contribution in [0, 0.1) is 45.3 Å². The van der Waals surface area contributed by atoms with Crippen LogP contribution in [0.25, 0.3) is 0 Å². The Bertz CT molecular complexity index is 1980. The van der Waals surface area contributed by atoms with E-state index in [4.69, 9.17) is 37.9 Å². The van der Waals surface area contributed by atoms with Crippen LogP contribution in [0.2, 0.25) is 0 Å². The van der Waals surface area contributed by atoms with Crippen LogP contribution in [0.4, 0.5) is 0 Å². The number of ether oxygens (including phenoxy) is 8. The molecule has 4 saturated carbocycles. The molecule has 8 aliphatic rings. The highest BCUT2D eigenvalue weighted by Gasteiger charge is 2.72. The van der Waals surface area contributed by atoms with Crippen molar-refractivity contribution >= 4 is 0 Å². The van der Waals surface area contributed by atoms with E-state index in [1.165, 1.54) is 0 Å². The Kier molecular flexibility index (Phi) is 18.1. The number of aliphatic hydroxyl groups excluding tert-OH is 14. The zero-order valence-corrected chi connectivity index (χ0v) is 45.0. The van der Waals surface area contributed by atoms with E-state index in [1.54, 1.807) is 26.0 Å². The van der Waals surface area contributed by atoms with Gasteiger partial charge in [0.15, 0.2) is 25.2 Å². The molecule has 8 rings (SSSR count). The van der Waals surface area contributed by atoms with Crippen LogP contribution < -0.4 is 0 Å². The molecule has 0 aromatic heterocycles. The maximum atomic E-state index is 12.8. The molecule has 8 fully saturated rings. The molecule has 4 aliphatic carbocycles. The molecule has 0 radical (unpaired) electrons. The van der Waals surface area contributed by atoms with Crippen LogP contribution >= 0.6 is 0 Å². The van der Waals surface area contributed by atoms with Crippen LogP contribution in [0.15, 0.2) is 12.2 Å². The monoisotopic (exact) mass is 1090 g/mol. The number of hydrogen-bond donors (Lipinski definition) is 15. The first-order valence-electron chi connectivity index (χ1n) is 27.4. The summed E-state index contributed by atoms with van der Waals surface area (Å²) in [6.45, 7) is 14.1. The van der Waals surface area contributed by atoms with E-state index in [0.717, 1.165) is 12.8 Å². The van der Waals surface area contributed by atoms with Gasteiger partial charge in [-0.1, -0.05) is 46.8 Å². The van der Waals surface area contributed by atoms with E-state index in [2.05, 4.69) is 34.6 Å². The van der Waals surface area contributed by atoms with Crippen LogP contribution in [0.1, 0.15) is 107 Å². The van der Waals surface area contributed by atoms with E-state index in [1.807, 2.05) is 6.92 Å². The average Bonchev–Trinajstić information content (AvgIpc) is 3.74. The second-order valence-corrected chi connectivity index (χ2v) is 25.7. The first-order chi connectivity index (χ1) is 35.4. The Morgan fingerprint density at radius 1 is 0.566 bits per heavy atom. The lowest BCUT2D eigenvalue weighted by Crippen LogP contribution is -2.68. The quantitative estimate of drug-likeness (QED) is 0.0591. The van der Waals surface area contributed by atoms with Gasteiger partial charge >= 0.3 is 0 Å². The van der Waals surface area contributed by atoms with E-state index in [-0.39, 0.29) is 47.5 Å². The molecule has 440 valence electrons. The maximum Gasteiger partial charge on any atom is 0.187 e. The highest BCUT2D eigenvalue weighted by atomic mass is 16.8. The SMILES string of the molecule is CC(C)(O)C=CCC(C)(OC1OC(COC2OCC(O)C(O)C2O)C(O)C(O)C1O)C1CCC2(C)C1C(O)CC1C3(C)CCC(OC4OC(CO)C(O)C(O)C4OC4OC(CO)C(O)C(O)C4O)C(C)(C)C3CCC12C. The molecule has 0 bridgehead atoms. The van der Waals surface area contributed by atoms with Gasteiger partial charge in [0.1, 0.15) is 91.6 Å². The highest BCUT2D eigenvalue weighted by molar-refractivity contribution is 5.21. The molecule has 29 atom stereocenters. The van der Waals surface area contributed by atoms with Crippen molar-refractivity contribution in [2.24, 2.45) is 45.3 Å². The fourth-order valence-electron chi connectivity index (χ4n) is 15.9. The first-order valence-corrected chi connectivity index (χ1v) is 27.4. The third kappa shape index (κ3) is 10.8. The van der Waals surface area contributed by atoms with Crippen molar-refractivity contribution < 1.29 is 114 Å². The zero-order valence-electron chi connectivity index (χ0n) is 45.0. The number of fused-ring (bicyclic) bond motifs is 5. The molecule has 4 saturated heterocycles. The molecular formula is C53H90O23. The van der Waals surface area contributed by atoms with Gasteiger partial charge in [-0.15, -0.1) is 0 Å². The summed E-state index contributed by atoms with van der Waals surface area (Å²) in [5.74, 6) is -0.666. The Hall–Kier alpha value is -1.18. The predicted molar refractivity (Wildman–Crippen MR) is 262 cm³/mol. The summed E-state index contributed by atoms with van der Waals surface area (Å²) in [6.07, 6.45) is -23.1.